The van der Waals surface area contributed by atoms with Crippen LogP contribution < -0.4 is 5.32 Å². The molecule has 1 N–H and O–H groups in total. The molecule has 1 aliphatic rings. The van der Waals surface area contributed by atoms with Gasteiger partial charge >= 0.3 is 0 Å². The molecule has 2 rings (SSSR count). The Balaban J connectivity index is 2.20. The molecule has 0 aromatic heterocycles. The fourth-order valence-corrected chi connectivity index (χ4v) is 4.23. The fourth-order valence-electron chi connectivity index (χ4n) is 2.63. The lowest BCUT2D eigenvalue weighted by atomic mass is 10.1. The zero-order valence-electron chi connectivity index (χ0n) is 14.3. The second-order valence-corrected chi connectivity index (χ2v) is 8.35. The van der Waals surface area contributed by atoms with Crippen molar-refractivity contribution in [3.8, 4) is 0 Å². The number of sulfonamides is 1. The lowest BCUT2D eigenvalue weighted by Crippen LogP contribution is -2.47. The zero-order valence-corrected chi connectivity index (χ0v) is 15.1. The van der Waals surface area contributed by atoms with Crippen LogP contribution >= 0.6 is 0 Å². The van der Waals surface area contributed by atoms with Crippen molar-refractivity contribution in [1.29, 1.82) is 0 Å². The molecular weight excluding hydrogens is 328 g/mol. The van der Waals surface area contributed by atoms with Gasteiger partial charge in [0.25, 0.3) is 10.0 Å². The van der Waals surface area contributed by atoms with Crippen LogP contribution in [-0.2, 0) is 19.6 Å². The second-order valence-electron chi connectivity index (χ2n) is 6.54. The van der Waals surface area contributed by atoms with Crippen molar-refractivity contribution in [2.24, 2.45) is 5.92 Å². The summed E-state index contributed by atoms with van der Waals surface area (Å²) < 4.78 is 26.3. The number of amides is 2. The average Bonchev–Trinajstić information content (AvgIpc) is 2.90. The molecule has 0 bridgehead atoms. The van der Waals surface area contributed by atoms with Gasteiger partial charge in [-0.1, -0.05) is 31.5 Å². The van der Waals surface area contributed by atoms with Gasteiger partial charge in [-0.2, -0.15) is 0 Å². The summed E-state index contributed by atoms with van der Waals surface area (Å²) >= 11 is 0. The number of nitrogens with zero attached hydrogens (tertiary/aromatic N) is 1. The summed E-state index contributed by atoms with van der Waals surface area (Å²) in [7, 11) is -4.02. The van der Waals surface area contributed by atoms with Crippen LogP contribution in [0.1, 0.15) is 38.7 Å². The summed E-state index contributed by atoms with van der Waals surface area (Å²) in [5.41, 5.74) is 0.921. The van der Waals surface area contributed by atoms with E-state index in [0.29, 0.717) is 12.5 Å². The predicted octanol–water partition coefficient (Wildman–Crippen LogP) is 1.84. The molecule has 2 amide bonds. The molecular formula is C17H24N2O4S. The van der Waals surface area contributed by atoms with Gasteiger partial charge in [0.2, 0.25) is 11.8 Å². The number of rotatable bonds is 6. The van der Waals surface area contributed by atoms with E-state index in [1.165, 1.54) is 12.1 Å². The van der Waals surface area contributed by atoms with Crippen LogP contribution in [0.3, 0.4) is 0 Å². The quantitative estimate of drug-likeness (QED) is 0.847. The van der Waals surface area contributed by atoms with Gasteiger partial charge in [0, 0.05) is 13.0 Å². The summed E-state index contributed by atoms with van der Waals surface area (Å²) in [4.78, 5) is 24.5. The Bertz CT molecular complexity index is 711. The van der Waals surface area contributed by atoms with Crippen molar-refractivity contribution in [3.05, 3.63) is 29.8 Å². The molecule has 0 aliphatic carbocycles. The van der Waals surface area contributed by atoms with Crippen LogP contribution in [0.15, 0.2) is 29.2 Å². The van der Waals surface area contributed by atoms with Gasteiger partial charge in [0.05, 0.1) is 4.90 Å². The average molecular weight is 352 g/mol. The maximum absolute atomic E-state index is 12.8. The minimum absolute atomic E-state index is 0.0309. The number of nitrogens with one attached hydrogen (secondary N) is 1. The van der Waals surface area contributed by atoms with Crippen molar-refractivity contribution in [2.45, 2.75) is 51.0 Å². The molecule has 1 aromatic rings. The molecule has 1 saturated heterocycles. The van der Waals surface area contributed by atoms with Gasteiger partial charge in [-0.25, -0.2) is 12.7 Å². The van der Waals surface area contributed by atoms with E-state index in [0.717, 1.165) is 16.3 Å². The summed E-state index contributed by atoms with van der Waals surface area (Å²) in [6.07, 6.45) is 1.09. The maximum Gasteiger partial charge on any atom is 0.267 e. The molecule has 24 heavy (non-hydrogen) atoms. The Morgan fingerprint density at radius 3 is 2.50 bits per heavy atom. The van der Waals surface area contributed by atoms with E-state index in [9.17, 15) is 18.0 Å². The van der Waals surface area contributed by atoms with E-state index in [4.69, 9.17) is 0 Å². The first-order valence-electron chi connectivity index (χ1n) is 8.15. The van der Waals surface area contributed by atoms with E-state index in [2.05, 4.69) is 5.32 Å². The van der Waals surface area contributed by atoms with Crippen LogP contribution in [0, 0.1) is 12.8 Å². The SMILES string of the molecule is Cc1ccc(S(=O)(=O)N2C(=O)CC[C@@H]2C(=O)NCCC(C)C)cc1. The van der Waals surface area contributed by atoms with Crippen LogP contribution in [-0.4, -0.2) is 37.1 Å². The van der Waals surface area contributed by atoms with Gasteiger partial charge in [0.1, 0.15) is 6.04 Å². The van der Waals surface area contributed by atoms with Gasteiger partial charge in [0.15, 0.2) is 0 Å². The molecule has 6 nitrogen and oxygen atoms in total. The van der Waals surface area contributed by atoms with Crippen LogP contribution in [0.25, 0.3) is 0 Å². The lowest BCUT2D eigenvalue weighted by molar-refractivity contribution is -0.130. The molecule has 1 heterocycles. The standard InChI is InChI=1S/C17H24N2O4S/c1-12(2)10-11-18-17(21)15-8-9-16(20)19(15)24(22,23)14-6-4-13(3)5-7-14/h4-7,12,15H,8-11H2,1-3H3,(H,18,21)/t15-/m1/s1. The van der Waals surface area contributed by atoms with Crippen molar-refractivity contribution in [1.82, 2.24) is 9.62 Å². The largest absolute Gasteiger partial charge is 0.354 e. The van der Waals surface area contributed by atoms with Gasteiger partial charge in [-0.05, 0) is 37.8 Å². The molecule has 1 aromatic carbocycles. The molecule has 1 fully saturated rings. The van der Waals surface area contributed by atoms with Crippen LogP contribution in [0.4, 0.5) is 0 Å². The Labute approximate surface area is 143 Å². The van der Waals surface area contributed by atoms with Gasteiger partial charge in [-0.3, -0.25) is 9.59 Å². The Kier molecular flexibility index (Phi) is 5.64. The number of aryl methyl sites for hydroxylation is 1. The summed E-state index contributed by atoms with van der Waals surface area (Å²) in [6.45, 7) is 6.40. The van der Waals surface area contributed by atoms with Crippen molar-refractivity contribution in [2.75, 3.05) is 6.54 Å². The minimum Gasteiger partial charge on any atom is -0.354 e. The Morgan fingerprint density at radius 1 is 1.29 bits per heavy atom. The van der Waals surface area contributed by atoms with E-state index >= 15 is 0 Å². The molecule has 7 heteroatoms. The summed E-state index contributed by atoms with van der Waals surface area (Å²) in [6, 6.07) is 5.31. The Morgan fingerprint density at radius 2 is 1.92 bits per heavy atom. The van der Waals surface area contributed by atoms with Crippen LogP contribution in [0.2, 0.25) is 0 Å². The van der Waals surface area contributed by atoms with Crippen molar-refractivity contribution in [3.63, 3.8) is 0 Å². The first-order valence-corrected chi connectivity index (χ1v) is 9.59. The smallest absolute Gasteiger partial charge is 0.267 e. The Hall–Kier alpha value is -1.89. The normalized spacial score (nSPS) is 18.2. The molecule has 1 atom stereocenters. The first-order chi connectivity index (χ1) is 11.2. The summed E-state index contributed by atoms with van der Waals surface area (Å²) in [5, 5.41) is 2.74. The zero-order chi connectivity index (χ0) is 17.9. The molecule has 0 spiro atoms. The monoisotopic (exact) mass is 352 g/mol. The number of carbonyl (C=O) groups excluding carboxylic acids is 2. The number of benzene rings is 1. The molecule has 0 saturated carbocycles. The molecule has 0 radical (unpaired) electrons. The lowest BCUT2D eigenvalue weighted by Gasteiger charge is -2.24. The second kappa shape index (κ2) is 7.34. The maximum atomic E-state index is 12.8. The van der Waals surface area contributed by atoms with E-state index in [-0.39, 0.29) is 17.7 Å². The topological polar surface area (TPSA) is 83.6 Å². The van der Waals surface area contributed by atoms with Crippen LogP contribution in [0.5, 0.6) is 0 Å². The van der Waals surface area contributed by atoms with Crippen molar-refractivity contribution >= 4 is 21.8 Å². The highest BCUT2D eigenvalue weighted by molar-refractivity contribution is 7.89. The third-order valence-corrected chi connectivity index (χ3v) is 5.91. The van der Waals surface area contributed by atoms with E-state index < -0.39 is 27.9 Å². The third-order valence-electron chi connectivity index (χ3n) is 4.06. The minimum atomic E-state index is -4.02. The fraction of sp³-hybridized carbons (Fsp3) is 0.529. The van der Waals surface area contributed by atoms with E-state index in [1.54, 1.807) is 12.1 Å². The number of carbonyl (C=O) groups is 2. The molecule has 0 unspecified atom stereocenters. The van der Waals surface area contributed by atoms with E-state index in [1.807, 2.05) is 20.8 Å². The predicted molar refractivity (Wildman–Crippen MR) is 90.7 cm³/mol. The first kappa shape index (κ1) is 18.4. The van der Waals surface area contributed by atoms with Gasteiger partial charge in [-0.15, -0.1) is 0 Å². The highest BCUT2D eigenvalue weighted by Gasteiger charge is 2.44. The van der Waals surface area contributed by atoms with Crippen molar-refractivity contribution < 1.29 is 18.0 Å². The van der Waals surface area contributed by atoms with Gasteiger partial charge < -0.3 is 5.32 Å². The molecule has 132 valence electrons. The highest BCUT2D eigenvalue weighted by atomic mass is 32.2. The number of hydrogen-bond donors (Lipinski definition) is 1. The third kappa shape index (κ3) is 3.95. The highest BCUT2D eigenvalue weighted by Crippen LogP contribution is 2.27. The molecule has 1 aliphatic heterocycles. The summed E-state index contributed by atoms with van der Waals surface area (Å²) in [5.74, 6) is -0.500. The number of hydrogen-bond acceptors (Lipinski definition) is 4.